The molecule has 0 unspecified atom stereocenters. The molecule has 0 spiro atoms. The highest BCUT2D eigenvalue weighted by molar-refractivity contribution is 5.92. The molecule has 3 N–H and O–H groups in total. The van der Waals surface area contributed by atoms with E-state index in [1.54, 1.807) is 24.3 Å². The van der Waals surface area contributed by atoms with Gasteiger partial charge in [0.15, 0.2) is 0 Å². The fourth-order valence-corrected chi connectivity index (χ4v) is 0.816. The summed E-state index contributed by atoms with van der Waals surface area (Å²) in [5.41, 5.74) is 5.53. The van der Waals surface area contributed by atoms with Crippen molar-refractivity contribution in [2.75, 3.05) is 0 Å². The van der Waals surface area contributed by atoms with Crippen molar-refractivity contribution in [1.82, 2.24) is 0 Å². The van der Waals surface area contributed by atoms with Gasteiger partial charge in [0.25, 0.3) is 0 Å². The number of hydrogen-bond acceptors (Lipinski definition) is 2. The minimum Gasteiger partial charge on any atom is -0.481 e. The summed E-state index contributed by atoms with van der Waals surface area (Å²) >= 11 is 0. The van der Waals surface area contributed by atoms with Crippen molar-refractivity contribution in [2.45, 2.75) is 19.8 Å². The summed E-state index contributed by atoms with van der Waals surface area (Å²) in [5, 5.41) is 7.91. The van der Waals surface area contributed by atoms with Crippen LogP contribution in [0.1, 0.15) is 30.1 Å². The number of carboxylic acid groups (broad SMARTS) is 1. The van der Waals surface area contributed by atoms with E-state index in [2.05, 4.69) is 0 Å². The minimum absolute atomic E-state index is 0.292. The van der Waals surface area contributed by atoms with Gasteiger partial charge in [0.1, 0.15) is 0 Å². The zero-order valence-corrected chi connectivity index (χ0v) is 8.64. The van der Waals surface area contributed by atoms with Gasteiger partial charge < -0.3 is 10.8 Å². The topological polar surface area (TPSA) is 80.4 Å². The van der Waals surface area contributed by atoms with Gasteiger partial charge in [-0.1, -0.05) is 25.1 Å². The number of carbonyl (C=O) groups excluding carboxylic acids is 1. The molecular formula is C11H15NO3. The van der Waals surface area contributed by atoms with Crippen molar-refractivity contribution in [1.29, 1.82) is 0 Å². The van der Waals surface area contributed by atoms with Gasteiger partial charge in [0.05, 0.1) is 0 Å². The quantitative estimate of drug-likeness (QED) is 0.794. The standard InChI is InChI=1S/C7H7NO.C4H8O2/c8-7(9)6-4-2-1-3-5-6;1-2-3-4(5)6/h1-5H,(H2,8,9);2-3H2,1H3,(H,5,6). The molecule has 0 aromatic heterocycles. The number of aliphatic carboxylic acids is 1. The van der Waals surface area contributed by atoms with Crippen molar-refractivity contribution in [3.05, 3.63) is 35.9 Å². The average Bonchev–Trinajstić information content (AvgIpc) is 2.20. The first-order valence-corrected chi connectivity index (χ1v) is 4.64. The van der Waals surface area contributed by atoms with E-state index < -0.39 is 5.97 Å². The molecule has 1 rings (SSSR count). The van der Waals surface area contributed by atoms with E-state index in [0.29, 0.717) is 12.0 Å². The van der Waals surface area contributed by atoms with Gasteiger partial charge in [-0.15, -0.1) is 0 Å². The molecule has 1 amide bonds. The smallest absolute Gasteiger partial charge is 0.303 e. The van der Waals surface area contributed by atoms with E-state index >= 15 is 0 Å². The first-order chi connectivity index (χ1) is 7.07. The number of amides is 1. The van der Waals surface area contributed by atoms with Crippen LogP contribution in [0.5, 0.6) is 0 Å². The summed E-state index contributed by atoms with van der Waals surface area (Å²) in [6.07, 6.45) is 1.02. The number of hydrogen-bond donors (Lipinski definition) is 2. The highest BCUT2D eigenvalue weighted by atomic mass is 16.4. The van der Waals surface area contributed by atoms with Gasteiger partial charge in [-0.2, -0.15) is 0 Å². The zero-order chi connectivity index (χ0) is 11.7. The number of primary amides is 1. The van der Waals surface area contributed by atoms with E-state index in [-0.39, 0.29) is 5.91 Å². The van der Waals surface area contributed by atoms with Crippen molar-refractivity contribution in [3.8, 4) is 0 Å². The van der Waals surface area contributed by atoms with Gasteiger partial charge in [-0.25, -0.2) is 0 Å². The SMILES string of the molecule is CCCC(=O)O.NC(=O)c1ccccc1. The monoisotopic (exact) mass is 209 g/mol. The van der Waals surface area contributed by atoms with Crippen LogP contribution in [0, 0.1) is 0 Å². The van der Waals surface area contributed by atoms with Gasteiger partial charge >= 0.3 is 5.97 Å². The molecule has 0 bridgehead atoms. The van der Waals surface area contributed by atoms with Crippen LogP contribution in [0.4, 0.5) is 0 Å². The van der Waals surface area contributed by atoms with Gasteiger partial charge in [0, 0.05) is 12.0 Å². The first kappa shape index (κ1) is 13.2. The molecule has 0 aliphatic heterocycles. The number of nitrogens with two attached hydrogens (primary N) is 1. The van der Waals surface area contributed by atoms with Crippen LogP contribution in [0.25, 0.3) is 0 Å². The number of carbonyl (C=O) groups is 2. The van der Waals surface area contributed by atoms with Crippen LogP contribution >= 0.6 is 0 Å². The number of carboxylic acids is 1. The van der Waals surface area contributed by atoms with Gasteiger partial charge in [-0.05, 0) is 18.6 Å². The predicted octanol–water partition coefficient (Wildman–Crippen LogP) is 1.66. The molecule has 4 nitrogen and oxygen atoms in total. The third-order valence-corrected chi connectivity index (χ3v) is 1.52. The summed E-state index contributed by atoms with van der Waals surface area (Å²) in [4.78, 5) is 20.0. The van der Waals surface area contributed by atoms with Crippen LogP contribution < -0.4 is 5.73 Å². The molecule has 4 heteroatoms. The second-order valence-corrected chi connectivity index (χ2v) is 2.87. The van der Waals surface area contributed by atoms with Crippen molar-refractivity contribution >= 4 is 11.9 Å². The Balaban J connectivity index is 0.000000288. The Kier molecular flexibility index (Phi) is 6.63. The molecule has 0 aliphatic carbocycles. The Hall–Kier alpha value is -1.84. The Morgan fingerprint density at radius 3 is 2.00 bits per heavy atom. The molecule has 1 aromatic carbocycles. The molecule has 82 valence electrons. The van der Waals surface area contributed by atoms with Crippen LogP contribution in [0.15, 0.2) is 30.3 Å². The molecule has 0 saturated heterocycles. The largest absolute Gasteiger partial charge is 0.481 e. The Labute approximate surface area is 88.7 Å². The lowest BCUT2D eigenvalue weighted by atomic mass is 10.2. The van der Waals surface area contributed by atoms with E-state index in [9.17, 15) is 9.59 Å². The zero-order valence-electron chi connectivity index (χ0n) is 8.64. The first-order valence-electron chi connectivity index (χ1n) is 4.64. The van der Waals surface area contributed by atoms with Crippen LogP contribution in [-0.2, 0) is 4.79 Å². The van der Waals surface area contributed by atoms with Crippen molar-refractivity contribution in [2.24, 2.45) is 5.73 Å². The van der Waals surface area contributed by atoms with Crippen molar-refractivity contribution in [3.63, 3.8) is 0 Å². The fourth-order valence-electron chi connectivity index (χ4n) is 0.816. The number of rotatable bonds is 3. The molecule has 0 saturated carbocycles. The van der Waals surface area contributed by atoms with Crippen LogP contribution in [0.3, 0.4) is 0 Å². The second kappa shape index (κ2) is 7.55. The third kappa shape index (κ3) is 7.25. The maximum Gasteiger partial charge on any atom is 0.303 e. The minimum atomic E-state index is -0.711. The van der Waals surface area contributed by atoms with Crippen LogP contribution in [0.2, 0.25) is 0 Å². The molecule has 0 fully saturated rings. The fraction of sp³-hybridized carbons (Fsp3) is 0.273. The molecule has 0 atom stereocenters. The molecule has 0 heterocycles. The lowest BCUT2D eigenvalue weighted by Gasteiger charge is -1.89. The lowest BCUT2D eigenvalue weighted by molar-refractivity contribution is -0.137. The highest BCUT2D eigenvalue weighted by Crippen LogP contribution is 1.94. The Morgan fingerprint density at radius 1 is 1.27 bits per heavy atom. The summed E-state index contributed by atoms with van der Waals surface area (Å²) in [5.74, 6) is -1.09. The second-order valence-electron chi connectivity index (χ2n) is 2.87. The van der Waals surface area contributed by atoms with Crippen molar-refractivity contribution < 1.29 is 14.7 Å². The lowest BCUT2D eigenvalue weighted by Crippen LogP contribution is -2.09. The molecule has 0 aliphatic rings. The summed E-state index contributed by atoms with van der Waals surface area (Å²) < 4.78 is 0. The number of benzene rings is 1. The molecular weight excluding hydrogens is 194 g/mol. The summed E-state index contributed by atoms with van der Waals surface area (Å²) in [6, 6.07) is 8.76. The normalized spacial score (nSPS) is 8.60. The van der Waals surface area contributed by atoms with Gasteiger partial charge in [-0.3, -0.25) is 9.59 Å². The van der Waals surface area contributed by atoms with Gasteiger partial charge in [0.2, 0.25) is 5.91 Å². The predicted molar refractivity (Wildman–Crippen MR) is 57.5 cm³/mol. The molecule has 0 radical (unpaired) electrons. The highest BCUT2D eigenvalue weighted by Gasteiger charge is 1.93. The van der Waals surface area contributed by atoms with E-state index in [0.717, 1.165) is 6.42 Å². The average molecular weight is 209 g/mol. The summed E-state index contributed by atoms with van der Waals surface area (Å²) in [7, 11) is 0. The summed E-state index contributed by atoms with van der Waals surface area (Å²) in [6.45, 7) is 1.84. The Morgan fingerprint density at radius 2 is 1.80 bits per heavy atom. The van der Waals surface area contributed by atoms with E-state index in [4.69, 9.17) is 10.8 Å². The molecule has 1 aromatic rings. The molecule has 15 heavy (non-hydrogen) atoms. The van der Waals surface area contributed by atoms with Crippen LogP contribution in [-0.4, -0.2) is 17.0 Å². The maximum atomic E-state index is 10.4. The van der Waals surface area contributed by atoms with E-state index in [1.165, 1.54) is 0 Å². The van der Waals surface area contributed by atoms with E-state index in [1.807, 2.05) is 13.0 Å². The Bertz CT molecular complexity index is 309. The third-order valence-electron chi connectivity index (χ3n) is 1.52. The maximum absolute atomic E-state index is 10.4.